The number of aromatic nitrogens is 1. The van der Waals surface area contributed by atoms with Crippen LogP contribution >= 0.6 is 12.2 Å². The van der Waals surface area contributed by atoms with Crippen molar-refractivity contribution in [3.63, 3.8) is 0 Å². The number of rotatable bonds is 3. The van der Waals surface area contributed by atoms with Gasteiger partial charge in [0.2, 0.25) is 0 Å². The highest BCUT2D eigenvalue weighted by Crippen LogP contribution is 2.33. The van der Waals surface area contributed by atoms with Gasteiger partial charge in [-0.1, -0.05) is 24.3 Å². The van der Waals surface area contributed by atoms with E-state index < -0.39 is 23.6 Å². The average Bonchev–Trinajstić information content (AvgIpc) is 3.09. The Morgan fingerprint density at radius 1 is 1.06 bits per heavy atom. The Bertz CT molecular complexity index is 1290. The Kier molecular flexibility index (Phi) is 5.37. The summed E-state index contributed by atoms with van der Waals surface area (Å²) >= 11 is 5.09. The number of anilines is 1. The Morgan fingerprint density at radius 2 is 1.78 bits per heavy atom. The summed E-state index contributed by atoms with van der Waals surface area (Å²) < 4.78 is 41.5. The minimum absolute atomic E-state index is 0.0784. The third kappa shape index (κ3) is 3.80. The number of amides is 2. The SMILES string of the molecule is CC(C)n1cc(/C=C2\C(=O)NC(=S)N(c3cccc(C(F)(F)F)c3)C2=O)c2ccccc21. The number of carbonyl (C=O) groups is 2. The van der Waals surface area contributed by atoms with Crippen LogP contribution in [0.5, 0.6) is 0 Å². The van der Waals surface area contributed by atoms with Crippen LogP contribution in [0.2, 0.25) is 0 Å². The Hall–Kier alpha value is -3.46. The molecular weight excluding hydrogens is 439 g/mol. The molecule has 2 aromatic carbocycles. The van der Waals surface area contributed by atoms with E-state index in [-0.39, 0.29) is 22.4 Å². The highest BCUT2D eigenvalue weighted by atomic mass is 32.1. The lowest BCUT2D eigenvalue weighted by Crippen LogP contribution is -2.54. The quantitative estimate of drug-likeness (QED) is 0.339. The summed E-state index contributed by atoms with van der Waals surface area (Å²) in [4.78, 5) is 26.7. The van der Waals surface area contributed by atoms with E-state index in [1.54, 1.807) is 0 Å². The predicted molar refractivity (Wildman–Crippen MR) is 120 cm³/mol. The van der Waals surface area contributed by atoms with Gasteiger partial charge in [-0.2, -0.15) is 13.2 Å². The van der Waals surface area contributed by atoms with Crippen LogP contribution in [0.25, 0.3) is 17.0 Å². The lowest BCUT2D eigenvalue weighted by Gasteiger charge is -2.29. The van der Waals surface area contributed by atoms with E-state index in [0.717, 1.165) is 27.9 Å². The van der Waals surface area contributed by atoms with Crippen molar-refractivity contribution < 1.29 is 22.8 Å². The zero-order valence-electron chi connectivity index (χ0n) is 17.1. The normalized spacial score (nSPS) is 16.4. The fourth-order valence-corrected chi connectivity index (χ4v) is 3.92. The lowest BCUT2D eigenvalue weighted by atomic mass is 10.1. The third-order valence-electron chi connectivity index (χ3n) is 5.16. The smallest absolute Gasteiger partial charge is 0.344 e. The molecule has 1 aliphatic heterocycles. The van der Waals surface area contributed by atoms with Gasteiger partial charge in [0.1, 0.15) is 5.57 Å². The fraction of sp³-hybridized carbons (Fsp3) is 0.174. The molecule has 0 bridgehead atoms. The van der Waals surface area contributed by atoms with Crippen molar-refractivity contribution in [2.75, 3.05) is 4.90 Å². The number of nitrogens with one attached hydrogen (secondary N) is 1. The molecule has 164 valence electrons. The number of benzene rings is 2. The number of thiocarbonyl (C=S) groups is 1. The molecule has 1 aliphatic rings. The second-order valence-corrected chi connectivity index (χ2v) is 8.00. The van der Waals surface area contributed by atoms with E-state index in [0.29, 0.717) is 5.56 Å². The maximum absolute atomic E-state index is 13.2. The van der Waals surface area contributed by atoms with Crippen LogP contribution in [-0.2, 0) is 15.8 Å². The van der Waals surface area contributed by atoms with Gasteiger partial charge in [-0.3, -0.25) is 19.8 Å². The Labute approximate surface area is 187 Å². The van der Waals surface area contributed by atoms with Gasteiger partial charge in [-0.05, 0) is 56.4 Å². The van der Waals surface area contributed by atoms with Gasteiger partial charge in [0.25, 0.3) is 11.8 Å². The number of carbonyl (C=O) groups excluding carboxylic acids is 2. The molecular formula is C23H18F3N3O2S. The highest BCUT2D eigenvalue weighted by Gasteiger charge is 2.36. The summed E-state index contributed by atoms with van der Waals surface area (Å²) in [5.41, 5.74) is 0.355. The molecule has 0 aliphatic carbocycles. The fourth-order valence-electron chi connectivity index (χ4n) is 3.64. The first kappa shape index (κ1) is 21.8. The molecule has 0 atom stereocenters. The standard InChI is InChI=1S/C23H18F3N3O2S/c1-13(2)28-12-14(17-8-3-4-9-19(17)28)10-18-20(30)27-22(32)29(21(18)31)16-7-5-6-15(11-16)23(24,25)26/h3-13H,1-2H3,(H,27,30,32)/b18-10+. The third-order valence-corrected chi connectivity index (χ3v) is 5.45. The molecule has 1 N–H and O–H groups in total. The number of nitrogens with zero attached hydrogens (tertiary/aromatic N) is 2. The summed E-state index contributed by atoms with van der Waals surface area (Å²) in [7, 11) is 0. The largest absolute Gasteiger partial charge is 0.416 e. The predicted octanol–water partition coefficient (Wildman–Crippen LogP) is 5.07. The summed E-state index contributed by atoms with van der Waals surface area (Å²) in [6, 6.07) is 11.9. The number of hydrogen-bond donors (Lipinski definition) is 1. The van der Waals surface area contributed by atoms with Crippen LogP contribution in [-0.4, -0.2) is 21.5 Å². The van der Waals surface area contributed by atoms with Crippen LogP contribution in [0.15, 0.2) is 60.3 Å². The van der Waals surface area contributed by atoms with Gasteiger partial charge < -0.3 is 4.57 Å². The molecule has 0 radical (unpaired) electrons. The second-order valence-electron chi connectivity index (χ2n) is 7.61. The van der Waals surface area contributed by atoms with E-state index in [1.165, 1.54) is 18.2 Å². The monoisotopic (exact) mass is 457 g/mol. The molecule has 2 amide bonds. The summed E-state index contributed by atoms with van der Waals surface area (Å²) in [6.07, 6.45) is -1.30. The highest BCUT2D eigenvalue weighted by molar-refractivity contribution is 7.80. The molecule has 32 heavy (non-hydrogen) atoms. The van der Waals surface area contributed by atoms with Crippen molar-refractivity contribution >= 4 is 51.8 Å². The number of hydrogen-bond acceptors (Lipinski definition) is 3. The van der Waals surface area contributed by atoms with E-state index in [4.69, 9.17) is 12.2 Å². The topological polar surface area (TPSA) is 54.3 Å². The van der Waals surface area contributed by atoms with Crippen LogP contribution in [0.4, 0.5) is 18.9 Å². The first-order valence-electron chi connectivity index (χ1n) is 9.76. The Morgan fingerprint density at radius 3 is 2.47 bits per heavy atom. The van der Waals surface area contributed by atoms with Gasteiger partial charge >= 0.3 is 6.18 Å². The molecule has 1 saturated heterocycles. The molecule has 5 nitrogen and oxygen atoms in total. The first-order valence-corrected chi connectivity index (χ1v) is 10.2. The van der Waals surface area contributed by atoms with Gasteiger partial charge in [0, 0.05) is 28.7 Å². The second kappa shape index (κ2) is 7.90. The van der Waals surface area contributed by atoms with E-state index in [9.17, 15) is 22.8 Å². The minimum atomic E-state index is -4.59. The van der Waals surface area contributed by atoms with Crippen LogP contribution in [0.1, 0.15) is 31.0 Å². The molecule has 2 heterocycles. The van der Waals surface area contributed by atoms with Crippen molar-refractivity contribution in [1.29, 1.82) is 0 Å². The lowest BCUT2D eigenvalue weighted by molar-refractivity contribution is -0.137. The zero-order chi connectivity index (χ0) is 23.2. The number of halogens is 3. The zero-order valence-corrected chi connectivity index (χ0v) is 17.9. The molecule has 0 spiro atoms. The molecule has 0 saturated carbocycles. The van der Waals surface area contributed by atoms with Gasteiger partial charge in [0.15, 0.2) is 5.11 Å². The maximum Gasteiger partial charge on any atom is 0.416 e. The maximum atomic E-state index is 13.2. The van der Waals surface area contributed by atoms with Crippen molar-refractivity contribution in [2.24, 2.45) is 0 Å². The number of fused-ring (bicyclic) bond motifs is 1. The molecule has 1 fully saturated rings. The van der Waals surface area contributed by atoms with Gasteiger partial charge in [-0.25, -0.2) is 0 Å². The molecule has 9 heteroatoms. The summed E-state index contributed by atoms with van der Waals surface area (Å²) in [6.45, 7) is 4.02. The molecule has 0 unspecified atom stereocenters. The number of alkyl halides is 3. The van der Waals surface area contributed by atoms with Crippen molar-refractivity contribution in [1.82, 2.24) is 9.88 Å². The molecule has 3 aromatic rings. The minimum Gasteiger partial charge on any atom is -0.344 e. The van der Waals surface area contributed by atoms with E-state index in [2.05, 4.69) is 5.32 Å². The van der Waals surface area contributed by atoms with Crippen LogP contribution in [0.3, 0.4) is 0 Å². The average molecular weight is 457 g/mol. The number of para-hydroxylation sites is 1. The van der Waals surface area contributed by atoms with E-state index >= 15 is 0 Å². The van der Waals surface area contributed by atoms with E-state index in [1.807, 2.05) is 48.9 Å². The van der Waals surface area contributed by atoms with Gasteiger partial charge in [-0.15, -0.1) is 0 Å². The van der Waals surface area contributed by atoms with Crippen LogP contribution < -0.4 is 10.2 Å². The Balaban J connectivity index is 1.81. The molecule has 4 rings (SSSR count). The van der Waals surface area contributed by atoms with Crippen LogP contribution in [0, 0.1) is 0 Å². The van der Waals surface area contributed by atoms with Crippen molar-refractivity contribution in [3.05, 3.63) is 71.4 Å². The molecule has 1 aromatic heterocycles. The van der Waals surface area contributed by atoms with Crippen molar-refractivity contribution in [3.8, 4) is 0 Å². The van der Waals surface area contributed by atoms with Crippen molar-refractivity contribution in [2.45, 2.75) is 26.1 Å². The summed E-state index contributed by atoms with van der Waals surface area (Å²) in [5.74, 6) is -1.50. The summed E-state index contributed by atoms with van der Waals surface area (Å²) in [5, 5.41) is 2.97. The first-order chi connectivity index (χ1) is 15.1. The van der Waals surface area contributed by atoms with Gasteiger partial charge in [0.05, 0.1) is 11.3 Å².